The van der Waals surface area contributed by atoms with Crippen LogP contribution in [0.2, 0.25) is 0 Å². The number of carbonyl (C=O) groups is 1. The number of carbonyl (C=O) groups excluding carboxylic acids is 1. The zero-order valence-electron chi connectivity index (χ0n) is 10.3. The monoisotopic (exact) mass is 260 g/mol. The first-order valence-electron chi connectivity index (χ1n) is 6.12. The van der Waals surface area contributed by atoms with E-state index in [1.165, 1.54) is 13.8 Å². The molecule has 1 saturated heterocycles. The molecule has 0 radical (unpaired) electrons. The predicted octanol–water partition coefficient (Wildman–Crippen LogP) is 0.454. The molecule has 0 aromatic heterocycles. The Labute approximate surface area is 102 Å². The number of nitrogens with two attached hydrogens (primary N) is 1. The second-order valence-electron chi connectivity index (χ2n) is 5.46. The van der Waals surface area contributed by atoms with Crippen LogP contribution >= 0.6 is 0 Å². The summed E-state index contributed by atoms with van der Waals surface area (Å²) in [6.07, 6.45) is 4.16. The van der Waals surface area contributed by atoms with Crippen molar-refractivity contribution in [1.29, 1.82) is 0 Å². The third kappa shape index (κ3) is 1.61. The molecule has 0 spiro atoms. The van der Waals surface area contributed by atoms with Gasteiger partial charge in [0.25, 0.3) is 15.9 Å². The van der Waals surface area contributed by atoms with E-state index >= 15 is 0 Å². The summed E-state index contributed by atoms with van der Waals surface area (Å²) in [5, 5.41) is 0. The van der Waals surface area contributed by atoms with Gasteiger partial charge in [0.2, 0.25) is 0 Å². The van der Waals surface area contributed by atoms with Crippen molar-refractivity contribution in [2.24, 2.45) is 11.7 Å². The molecule has 0 aromatic rings. The van der Waals surface area contributed by atoms with Crippen molar-refractivity contribution in [3.8, 4) is 0 Å². The number of rotatable bonds is 3. The largest absolute Gasteiger partial charge is 0.328 e. The molecule has 1 amide bonds. The molecule has 98 valence electrons. The Kier molecular flexibility index (Phi) is 2.98. The van der Waals surface area contributed by atoms with Crippen LogP contribution in [0.25, 0.3) is 0 Å². The van der Waals surface area contributed by atoms with E-state index in [2.05, 4.69) is 0 Å². The van der Waals surface area contributed by atoms with Crippen molar-refractivity contribution < 1.29 is 13.2 Å². The molecule has 2 N–H and O–H groups in total. The lowest BCUT2D eigenvalue weighted by Crippen LogP contribution is -2.71. The van der Waals surface area contributed by atoms with Gasteiger partial charge in [-0.1, -0.05) is 12.8 Å². The number of hydrogen-bond acceptors (Lipinski definition) is 4. The standard InChI is InChI=1S/C11H20N2O3S/c1-11(2)10(14)13(17(11,15)16)9(7-12)8-5-3-4-6-8/h8-9H,3-7,12H2,1-2H3. The molecule has 0 bridgehead atoms. The molecule has 2 fully saturated rings. The van der Waals surface area contributed by atoms with Gasteiger partial charge < -0.3 is 5.73 Å². The topological polar surface area (TPSA) is 80.5 Å². The first-order chi connectivity index (χ1) is 7.84. The number of sulfonamides is 1. The maximum absolute atomic E-state index is 12.1. The van der Waals surface area contributed by atoms with Crippen LogP contribution in [0.15, 0.2) is 0 Å². The Morgan fingerprint density at radius 3 is 2.35 bits per heavy atom. The van der Waals surface area contributed by atoms with E-state index in [4.69, 9.17) is 5.73 Å². The fourth-order valence-electron chi connectivity index (χ4n) is 2.84. The van der Waals surface area contributed by atoms with E-state index in [0.717, 1.165) is 30.0 Å². The lowest BCUT2D eigenvalue weighted by Gasteiger charge is -2.48. The summed E-state index contributed by atoms with van der Waals surface area (Å²) in [4.78, 5) is 11.9. The van der Waals surface area contributed by atoms with Crippen LogP contribution in [0.1, 0.15) is 39.5 Å². The van der Waals surface area contributed by atoms with Crippen molar-refractivity contribution in [2.75, 3.05) is 6.54 Å². The molecule has 2 rings (SSSR count). The van der Waals surface area contributed by atoms with Gasteiger partial charge in [-0.3, -0.25) is 4.79 Å². The van der Waals surface area contributed by atoms with E-state index < -0.39 is 14.8 Å². The quantitative estimate of drug-likeness (QED) is 0.799. The molecule has 1 aliphatic carbocycles. The molecule has 1 unspecified atom stereocenters. The minimum atomic E-state index is -3.49. The van der Waals surface area contributed by atoms with Crippen LogP contribution in [0, 0.1) is 5.92 Å². The Morgan fingerprint density at radius 1 is 1.41 bits per heavy atom. The Hall–Kier alpha value is -0.620. The smallest absolute Gasteiger partial charge is 0.259 e. The molecule has 2 aliphatic rings. The molecule has 1 atom stereocenters. The van der Waals surface area contributed by atoms with Gasteiger partial charge in [0.1, 0.15) is 0 Å². The third-order valence-corrected chi connectivity index (χ3v) is 6.52. The molecule has 0 aromatic carbocycles. The highest BCUT2D eigenvalue weighted by atomic mass is 32.2. The van der Waals surface area contributed by atoms with Gasteiger partial charge in [0.05, 0.1) is 6.04 Å². The van der Waals surface area contributed by atoms with Crippen molar-refractivity contribution in [1.82, 2.24) is 4.31 Å². The van der Waals surface area contributed by atoms with Crippen LogP contribution in [-0.2, 0) is 14.8 Å². The van der Waals surface area contributed by atoms with Crippen molar-refractivity contribution in [3.63, 3.8) is 0 Å². The zero-order chi connectivity index (χ0) is 12.8. The highest BCUT2D eigenvalue weighted by molar-refractivity contribution is 7.94. The average Bonchev–Trinajstić information content (AvgIpc) is 2.77. The average molecular weight is 260 g/mol. The predicted molar refractivity (Wildman–Crippen MR) is 64.6 cm³/mol. The Balaban J connectivity index is 2.25. The summed E-state index contributed by atoms with van der Waals surface area (Å²) in [5.74, 6) is -0.0605. The van der Waals surface area contributed by atoms with Gasteiger partial charge in [-0.05, 0) is 32.6 Å². The summed E-state index contributed by atoms with van der Waals surface area (Å²) >= 11 is 0. The van der Waals surface area contributed by atoms with Crippen LogP contribution in [0.5, 0.6) is 0 Å². The molecule has 1 heterocycles. The fourth-order valence-corrected chi connectivity index (χ4v) is 4.58. The maximum atomic E-state index is 12.1. The summed E-state index contributed by atoms with van der Waals surface area (Å²) < 4.78 is 24.0. The first kappa shape index (κ1) is 12.8. The summed E-state index contributed by atoms with van der Waals surface area (Å²) in [6.45, 7) is 3.15. The Morgan fingerprint density at radius 2 is 1.94 bits per heavy atom. The summed E-state index contributed by atoms with van der Waals surface area (Å²) in [5.41, 5.74) is 5.68. The normalized spacial score (nSPS) is 29.1. The van der Waals surface area contributed by atoms with Crippen LogP contribution in [-0.4, -0.2) is 36.0 Å². The van der Waals surface area contributed by atoms with Crippen molar-refractivity contribution in [2.45, 2.75) is 50.3 Å². The number of hydrogen-bond donors (Lipinski definition) is 1. The SMILES string of the molecule is CC1(C)C(=O)N(C(CN)C2CCCC2)S1(=O)=O. The zero-order valence-corrected chi connectivity index (χ0v) is 11.2. The highest BCUT2D eigenvalue weighted by Gasteiger charge is 2.62. The second-order valence-corrected chi connectivity index (χ2v) is 7.83. The molecule has 17 heavy (non-hydrogen) atoms. The van der Waals surface area contributed by atoms with Crippen LogP contribution < -0.4 is 5.73 Å². The van der Waals surface area contributed by atoms with E-state index in [1.807, 2.05) is 0 Å². The fraction of sp³-hybridized carbons (Fsp3) is 0.909. The van der Waals surface area contributed by atoms with E-state index in [1.54, 1.807) is 0 Å². The van der Waals surface area contributed by atoms with Gasteiger partial charge >= 0.3 is 0 Å². The maximum Gasteiger partial charge on any atom is 0.259 e. The third-order valence-electron chi connectivity index (χ3n) is 4.11. The highest BCUT2D eigenvalue weighted by Crippen LogP contribution is 2.41. The van der Waals surface area contributed by atoms with Crippen LogP contribution in [0.3, 0.4) is 0 Å². The molecular formula is C11H20N2O3S. The minimum Gasteiger partial charge on any atom is -0.328 e. The molecule has 6 heteroatoms. The van der Waals surface area contributed by atoms with Crippen molar-refractivity contribution in [3.05, 3.63) is 0 Å². The number of amides is 1. The van der Waals surface area contributed by atoms with Gasteiger partial charge in [-0.2, -0.15) is 0 Å². The lowest BCUT2D eigenvalue weighted by molar-refractivity contribution is -0.134. The van der Waals surface area contributed by atoms with E-state index in [-0.39, 0.29) is 24.4 Å². The van der Waals surface area contributed by atoms with Gasteiger partial charge in [-0.25, -0.2) is 12.7 Å². The van der Waals surface area contributed by atoms with Crippen molar-refractivity contribution >= 4 is 15.9 Å². The Bertz CT molecular complexity index is 424. The molecular weight excluding hydrogens is 240 g/mol. The molecule has 1 aliphatic heterocycles. The van der Waals surface area contributed by atoms with Gasteiger partial charge in [-0.15, -0.1) is 0 Å². The minimum absolute atomic E-state index is 0.228. The van der Waals surface area contributed by atoms with E-state index in [0.29, 0.717) is 0 Å². The molecule has 5 nitrogen and oxygen atoms in total. The summed E-state index contributed by atoms with van der Waals surface area (Å²) in [7, 11) is -3.49. The van der Waals surface area contributed by atoms with Crippen LogP contribution in [0.4, 0.5) is 0 Å². The second kappa shape index (κ2) is 3.95. The first-order valence-corrected chi connectivity index (χ1v) is 7.56. The van der Waals surface area contributed by atoms with E-state index in [9.17, 15) is 13.2 Å². The van der Waals surface area contributed by atoms with Gasteiger partial charge in [0, 0.05) is 6.54 Å². The number of nitrogens with zero attached hydrogens (tertiary/aromatic N) is 1. The lowest BCUT2D eigenvalue weighted by atomic mass is 9.97. The molecule has 1 saturated carbocycles. The summed E-state index contributed by atoms with van der Waals surface area (Å²) in [6, 6.07) is -0.331. The van der Waals surface area contributed by atoms with Gasteiger partial charge in [0.15, 0.2) is 4.75 Å².